The van der Waals surface area contributed by atoms with Crippen molar-refractivity contribution in [1.82, 2.24) is 5.01 Å². The van der Waals surface area contributed by atoms with E-state index in [0.717, 1.165) is 4.47 Å². The minimum atomic E-state index is -3.48. The van der Waals surface area contributed by atoms with Gasteiger partial charge in [0.1, 0.15) is 18.1 Å². The summed E-state index contributed by atoms with van der Waals surface area (Å²) >= 11 is 3.31. The number of hydrogen-bond donors (Lipinski definition) is 1. The number of halogens is 5. The highest BCUT2D eigenvalue weighted by molar-refractivity contribution is 9.10. The van der Waals surface area contributed by atoms with Crippen molar-refractivity contribution in [3.05, 3.63) is 64.1 Å². The van der Waals surface area contributed by atoms with Crippen molar-refractivity contribution in [3.8, 4) is 5.75 Å². The largest absolute Gasteiger partial charge is 0.489 e. The molecule has 154 valence electrons. The van der Waals surface area contributed by atoms with E-state index in [-0.39, 0.29) is 17.2 Å². The molecule has 0 saturated carbocycles. The number of rotatable bonds is 6. The Kier molecular flexibility index (Phi) is 6.23. The Morgan fingerprint density at radius 2 is 1.93 bits per heavy atom. The van der Waals surface area contributed by atoms with Gasteiger partial charge >= 0.3 is 0 Å². The molecule has 1 N–H and O–H groups in total. The topological polar surface area (TPSA) is 62.1 Å². The minimum Gasteiger partial charge on any atom is -0.489 e. The van der Waals surface area contributed by atoms with Crippen molar-refractivity contribution < 1.29 is 32.2 Å². The van der Waals surface area contributed by atoms with Gasteiger partial charge in [-0.3, -0.25) is 4.79 Å². The summed E-state index contributed by atoms with van der Waals surface area (Å²) in [5, 5.41) is 13.4. The molecule has 1 aliphatic heterocycles. The number of alkyl halides is 4. The minimum absolute atomic E-state index is 0.0352. The average molecular weight is 475 g/mol. The molecule has 0 aliphatic carbocycles. The standard InChI is InChI=1S/C19H15BrF4N2O3/c20-13-5-2-6-14(8-13)29-10-11-3-1-4-12(7-11)17(27)26-19(28,18(23)24)9-15(25-26)16(21)22/h1-8,16,18,28H,9-10H2/t19-/m0/s1. The fraction of sp³-hybridized carbons (Fsp3) is 0.263. The second-order valence-electron chi connectivity index (χ2n) is 6.31. The van der Waals surface area contributed by atoms with Crippen LogP contribution in [0, 0.1) is 0 Å². The van der Waals surface area contributed by atoms with Crippen molar-refractivity contribution >= 4 is 27.5 Å². The zero-order valence-electron chi connectivity index (χ0n) is 14.7. The Hall–Kier alpha value is -2.46. The van der Waals surface area contributed by atoms with Crippen LogP contribution in [-0.4, -0.2) is 40.3 Å². The number of hydrogen-bond acceptors (Lipinski definition) is 4. The number of carbonyl (C=O) groups is 1. The SMILES string of the molecule is O=C(c1cccc(COc2cccc(Br)c2)c1)N1N=C(C(F)F)C[C@]1(O)C(F)F. The second kappa shape index (κ2) is 8.50. The molecule has 29 heavy (non-hydrogen) atoms. The van der Waals surface area contributed by atoms with Crippen molar-refractivity contribution in [1.29, 1.82) is 0 Å². The van der Waals surface area contributed by atoms with E-state index < -0.39 is 36.6 Å². The van der Waals surface area contributed by atoms with Gasteiger partial charge in [-0.15, -0.1) is 0 Å². The van der Waals surface area contributed by atoms with E-state index in [0.29, 0.717) is 11.3 Å². The van der Waals surface area contributed by atoms with Crippen LogP contribution in [0.15, 0.2) is 58.1 Å². The summed E-state index contributed by atoms with van der Waals surface area (Å²) in [4.78, 5) is 12.6. The number of ether oxygens (including phenoxy) is 1. The Labute approximate surface area is 171 Å². The first-order valence-corrected chi connectivity index (χ1v) is 9.18. The molecule has 1 atom stereocenters. The number of carbonyl (C=O) groups excluding carboxylic acids is 1. The summed E-state index contributed by atoms with van der Waals surface area (Å²) in [5.41, 5.74) is -3.66. The lowest BCUT2D eigenvalue weighted by Gasteiger charge is -2.30. The quantitative estimate of drug-likeness (QED) is 0.629. The smallest absolute Gasteiger partial charge is 0.287 e. The van der Waals surface area contributed by atoms with Crippen LogP contribution < -0.4 is 4.74 Å². The molecular weight excluding hydrogens is 460 g/mol. The van der Waals surface area contributed by atoms with E-state index in [2.05, 4.69) is 21.0 Å². The molecule has 2 aromatic rings. The number of aliphatic hydroxyl groups is 1. The molecule has 1 amide bonds. The van der Waals surface area contributed by atoms with Crippen LogP contribution in [0.1, 0.15) is 22.3 Å². The number of amides is 1. The number of nitrogens with zero attached hydrogens (tertiary/aromatic N) is 2. The third-order valence-corrected chi connectivity index (χ3v) is 4.70. The highest BCUT2D eigenvalue weighted by Crippen LogP contribution is 2.34. The molecular formula is C19H15BrF4N2O3. The summed E-state index contributed by atoms with van der Waals surface area (Å²) in [6.45, 7) is 0.0717. The Morgan fingerprint density at radius 3 is 2.59 bits per heavy atom. The molecule has 0 bridgehead atoms. The number of hydrazone groups is 1. The van der Waals surface area contributed by atoms with E-state index >= 15 is 0 Å². The fourth-order valence-electron chi connectivity index (χ4n) is 2.74. The van der Waals surface area contributed by atoms with Crippen LogP contribution in [0.25, 0.3) is 0 Å². The van der Waals surface area contributed by atoms with Gasteiger partial charge < -0.3 is 9.84 Å². The Morgan fingerprint density at radius 1 is 1.21 bits per heavy atom. The maximum Gasteiger partial charge on any atom is 0.287 e. The molecule has 1 aliphatic rings. The lowest BCUT2D eigenvalue weighted by Crippen LogP contribution is -2.51. The predicted octanol–water partition coefficient (Wildman–Crippen LogP) is 4.45. The summed E-state index contributed by atoms with van der Waals surface area (Å²) in [6, 6.07) is 12.9. The van der Waals surface area contributed by atoms with Crippen molar-refractivity contribution in [2.24, 2.45) is 5.10 Å². The van der Waals surface area contributed by atoms with Crippen LogP contribution >= 0.6 is 15.9 Å². The first-order valence-electron chi connectivity index (χ1n) is 8.38. The highest BCUT2D eigenvalue weighted by atomic mass is 79.9. The zero-order valence-corrected chi connectivity index (χ0v) is 16.3. The van der Waals surface area contributed by atoms with E-state index in [1.165, 1.54) is 18.2 Å². The van der Waals surface area contributed by atoms with Crippen LogP contribution in [0.3, 0.4) is 0 Å². The second-order valence-corrected chi connectivity index (χ2v) is 7.23. The fourth-order valence-corrected chi connectivity index (χ4v) is 3.12. The molecule has 0 fully saturated rings. The average Bonchev–Trinajstić information content (AvgIpc) is 3.05. The van der Waals surface area contributed by atoms with Crippen LogP contribution in [-0.2, 0) is 6.61 Å². The Balaban J connectivity index is 1.81. The highest BCUT2D eigenvalue weighted by Gasteiger charge is 2.53. The van der Waals surface area contributed by atoms with Gasteiger partial charge in [-0.25, -0.2) is 17.6 Å². The first-order chi connectivity index (χ1) is 13.7. The van der Waals surface area contributed by atoms with Crippen LogP contribution in [0.5, 0.6) is 5.75 Å². The summed E-state index contributed by atoms with van der Waals surface area (Å²) < 4.78 is 58.9. The maximum absolute atomic E-state index is 13.3. The van der Waals surface area contributed by atoms with E-state index in [9.17, 15) is 27.5 Å². The van der Waals surface area contributed by atoms with Gasteiger partial charge in [-0.2, -0.15) is 10.1 Å². The van der Waals surface area contributed by atoms with E-state index in [1.54, 1.807) is 24.3 Å². The van der Waals surface area contributed by atoms with Crippen LogP contribution in [0.4, 0.5) is 17.6 Å². The summed E-state index contributed by atoms with van der Waals surface area (Å²) in [5.74, 6) is -0.554. The summed E-state index contributed by atoms with van der Waals surface area (Å²) in [7, 11) is 0. The normalized spacial score (nSPS) is 19.0. The van der Waals surface area contributed by atoms with Crippen molar-refractivity contribution in [2.45, 2.75) is 31.6 Å². The van der Waals surface area contributed by atoms with Gasteiger partial charge in [0.25, 0.3) is 18.8 Å². The van der Waals surface area contributed by atoms with Gasteiger partial charge in [0.15, 0.2) is 0 Å². The molecule has 0 unspecified atom stereocenters. The molecule has 10 heteroatoms. The van der Waals surface area contributed by atoms with Gasteiger partial charge in [-0.05, 0) is 35.9 Å². The molecule has 0 saturated heterocycles. The van der Waals surface area contributed by atoms with Gasteiger partial charge in [0, 0.05) is 16.5 Å². The van der Waals surface area contributed by atoms with E-state index in [4.69, 9.17) is 4.74 Å². The maximum atomic E-state index is 13.3. The first kappa shape index (κ1) is 21.3. The van der Waals surface area contributed by atoms with Crippen LogP contribution in [0.2, 0.25) is 0 Å². The molecule has 2 aromatic carbocycles. The molecule has 0 radical (unpaired) electrons. The molecule has 3 rings (SSSR count). The van der Waals surface area contributed by atoms with E-state index in [1.807, 2.05) is 6.07 Å². The number of benzene rings is 2. The Bertz CT molecular complexity index is 941. The van der Waals surface area contributed by atoms with Gasteiger partial charge in [0.05, 0.1) is 0 Å². The molecule has 1 heterocycles. The van der Waals surface area contributed by atoms with Crippen molar-refractivity contribution in [2.75, 3.05) is 0 Å². The lowest BCUT2D eigenvalue weighted by molar-refractivity contribution is -0.164. The van der Waals surface area contributed by atoms with Crippen molar-refractivity contribution in [3.63, 3.8) is 0 Å². The third-order valence-electron chi connectivity index (χ3n) is 4.21. The van der Waals surface area contributed by atoms with Gasteiger partial charge in [-0.1, -0.05) is 34.1 Å². The molecule has 0 aromatic heterocycles. The zero-order chi connectivity index (χ0) is 21.2. The monoisotopic (exact) mass is 474 g/mol. The van der Waals surface area contributed by atoms with Gasteiger partial charge in [0.2, 0.25) is 5.72 Å². The predicted molar refractivity (Wildman–Crippen MR) is 100 cm³/mol. The summed E-state index contributed by atoms with van der Waals surface area (Å²) in [6.07, 6.45) is -7.77. The third kappa shape index (κ3) is 4.59. The lowest BCUT2D eigenvalue weighted by atomic mass is 10.1. The molecule has 0 spiro atoms. The molecule has 5 nitrogen and oxygen atoms in total.